The second-order valence-electron chi connectivity index (χ2n) is 7.78. The SMILES string of the molecule is O=S(OO)Oc1cc2ncc(-c3nc(NC4CCCNC4)c(F)cc3F)n2nc1C1CC1. The van der Waals surface area contributed by atoms with Crippen LogP contribution in [0.5, 0.6) is 5.75 Å². The molecule has 0 spiro atoms. The van der Waals surface area contributed by atoms with Crippen molar-refractivity contribution in [2.75, 3.05) is 18.4 Å². The molecule has 13 heteroatoms. The van der Waals surface area contributed by atoms with Gasteiger partial charge in [-0.25, -0.2) is 28.5 Å². The Bertz CT molecular complexity index is 1180. The molecule has 0 bridgehead atoms. The zero-order chi connectivity index (χ0) is 22.2. The number of fused-ring (bicyclic) bond motifs is 1. The van der Waals surface area contributed by atoms with E-state index < -0.39 is 23.0 Å². The highest BCUT2D eigenvalue weighted by molar-refractivity contribution is 7.75. The van der Waals surface area contributed by atoms with Gasteiger partial charge >= 0.3 is 11.4 Å². The van der Waals surface area contributed by atoms with Gasteiger partial charge in [-0.15, -0.1) is 0 Å². The number of halogens is 2. The number of hydrogen-bond acceptors (Lipinski definition) is 9. The summed E-state index contributed by atoms with van der Waals surface area (Å²) in [6, 6.07) is 2.25. The van der Waals surface area contributed by atoms with Crippen molar-refractivity contribution in [2.24, 2.45) is 0 Å². The van der Waals surface area contributed by atoms with Crippen LogP contribution in [0.3, 0.4) is 0 Å². The van der Waals surface area contributed by atoms with Gasteiger partial charge in [0.05, 0.1) is 6.20 Å². The van der Waals surface area contributed by atoms with Crippen LogP contribution in [0.25, 0.3) is 17.0 Å². The lowest BCUT2D eigenvalue weighted by Crippen LogP contribution is -2.38. The van der Waals surface area contributed by atoms with Crippen molar-refractivity contribution >= 4 is 22.8 Å². The van der Waals surface area contributed by atoms with Crippen molar-refractivity contribution in [3.63, 3.8) is 0 Å². The molecule has 0 radical (unpaired) electrons. The Balaban J connectivity index is 1.55. The minimum Gasteiger partial charge on any atom is -0.376 e. The molecule has 1 saturated carbocycles. The average Bonchev–Trinajstić information content (AvgIpc) is 3.56. The summed E-state index contributed by atoms with van der Waals surface area (Å²) in [4.78, 5) is 8.42. The fourth-order valence-electron chi connectivity index (χ4n) is 3.78. The minimum absolute atomic E-state index is 0.0137. The molecule has 2 fully saturated rings. The lowest BCUT2D eigenvalue weighted by molar-refractivity contribution is -0.130. The lowest BCUT2D eigenvalue weighted by atomic mass is 10.1. The largest absolute Gasteiger partial charge is 0.389 e. The van der Waals surface area contributed by atoms with E-state index in [9.17, 15) is 13.0 Å². The Morgan fingerprint density at radius 1 is 1.25 bits per heavy atom. The maximum Gasteiger partial charge on any atom is 0.389 e. The standard InChI is InChI=1S/C19H20F2N6O4S/c20-12-6-13(21)19(24-11-2-1-5-22-8-11)25-18(12)14-9-23-16-7-15(30-32(29)31-28)17(10-3-4-10)26-27(14)16/h6-7,9-11,22,28H,1-5,8H2,(H,24,25). The van der Waals surface area contributed by atoms with Crippen LogP contribution >= 0.6 is 0 Å². The van der Waals surface area contributed by atoms with E-state index in [-0.39, 0.29) is 40.6 Å². The van der Waals surface area contributed by atoms with Crippen LogP contribution in [-0.4, -0.2) is 48.2 Å². The molecule has 0 aromatic carbocycles. The van der Waals surface area contributed by atoms with Crippen molar-refractivity contribution in [1.29, 1.82) is 0 Å². The molecule has 4 heterocycles. The van der Waals surface area contributed by atoms with Gasteiger partial charge in [0.25, 0.3) is 0 Å². The van der Waals surface area contributed by atoms with E-state index in [0.29, 0.717) is 12.2 Å². The first-order valence-corrected chi connectivity index (χ1v) is 11.2. The molecular weight excluding hydrogens is 446 g/mol. The Labute approximate surface area is 183 Å². The molecule has 1 aliphatic carbocycles. The van der Waals surface area contributed by atoms with Crippen molar-refractivity contribution in [1.82, 2.24) is 24.9 Å². The summed E-state index contributed by atoms with van der Waals surface area (Å²) in [6.45, 7) is 1.57. The van der Waals surface area contributed by atoms with Crippen molar-refractivity contribution in [3.8, 4) is 17.1 Å². The monoisotopic (exact) mass is 466 g/mol. The third-order valence-corrected chi connectivity index (χ3v) is 5.91. The minimum atomic E-state index is -2.41. The molecule has 3 aromatic heterocycles. The maximum absolute atomic E-state index is 14.7. The van der Waals surface area contributed by atoms with Crippen LogP contribution in [0.4, 0.5) is 14.6 Å². The number of hydrogen-bond donors (Lipinski definition) is 3. The Morgan fingerprint density at radius 2 is 2.09 bits per heavy atom. The zero-order valence-electron chi connectivity index (χ0n) is 16.8. The average molecular weight is 466 g/mol. The molecule has 3 N–H and O–H groups in total. The van der Waals surface area contributed by atoms with Crippen LogP contribution in [0, 0.1) is 11.6 Å². The molecular formula is C19H20F2N6O4S. The van der Waals surface area contributed by atoms with E-state index in [4.69, 9.17) is 9.44 Å². The fourth-order valence-corrected chi connectivity index (χ4v) is 4.09. The first-order chi connectivity index (χ1) is 15.5. The third kappa shape index (κ3) is 4.16. The van der Waals surface area contributed by atoms with Crippen LogP contribution in [-0.2, 0) is 15.7 Å². The van der Waals surface area contributed by atoms with E-state index >= 15 is 0 Å². The molecule has 10 nitrogen and oxygen atoms in total. The summed E-state index contributed by atoms with van der Waals surface area (Å²) in [7, 11) is 0. The molecule has 2 atom stereocenters. The predicted molar refractivity (Wildman–Crippen MR) is 110 cm³/mol. The quantitative estimate of drug-likeness (QED) is 0.356. The van der Waals surface area contributed by atoms with E-state index in [1.54, 1.807) is 0 Å². The van der Waals surface area contributed by atoms with E-state index in [1.165, 1.54) is 16.8 Å². The van der Waals surface area contributed by atoms with E-state index in [1.807, 2.05) is 0 Å². The number of pyridine rings is 1. The number of piperidine rings is 1. The van der Waals surface area contributed by atoms with E-state index in [2.05, 4.69) is 30.0 Å². The molecule has 32 heavy (non-hydrogen) atoms. The predicted octanol–water partition coefficient (Wildman–Crippen LogP) is 2.56. The second-order valence-corrected chi connectivity index (χ2v) is 8.50. The summed E-state index contributed by atoms with van der Waals surface area (Å²) in [5.41, 5.74) is 0.868. The van der Waals surface area contributed by atoms with Crippen molar-refractivity contribution in [3.05, 3.63) is 35.7 Å². The summed E-state index contributed by atoms with van der Waals surface area (Å²) < 4.78 is 50.8. The summed E-state index contributed by atoms with van der Waals surface area (Å²) in [5.74, 6) is -1.46. The van der Waals surface area contributed by atoms with Gasteiger partial charge < -0.3 is 14.8 Å². The number of aromatic nitrogens is 4. The first kappa shape index (κ1) is 21.1. The normalized spacial score (nSPS) is 19.8. The van der Waals surface area contributed by atoms with Crippen LogP contribution in [0.2, 0.25) is 0 Å². The highest BCUT2D eigenvalue weighted by Gasteiger charge is 2.31. The zero-order valence-corrected chi connectivity index (χ0v) is 17.6. The molecule has 2 unspecified atom stereocenters. The van der Waals surface area contributed by atoms with Crippen LogP contribution in [0.15, 0.2) is 18.3 Å². The van der Waals surface area contributed by atoms with Gasteiger partial charge in [-0.2, -0.15) is 9.31 Å². The third-order valence-electron chi connectivity index (χ3n) is 5.48. The first-order valence-electron chi connectivity index (χ1n) is 10.2. The number of anilines is 1. The summed E-state index contributed by atoms with van der Waals surface area (Å²) >= 11 is -2.41. The fraction of sp³-hybridized carbons (Fsp3) is 0.421. The van der Waals surface area contributed by atoms with Crippen LogP contribution < -0.4 is 14.8 Å². The molecule has 1 aliphatic heterocycles. The van der Waals surface area contributed by atoms with Gasteiger partial charge in [0.1, 0.15) is 17.1 Å². The Morgan fingerprint density at radius 3 is 2.81 bits per heavy atom. The molecule has 170 valence electrons. The van der Waals surface area contributed by atoms with E-state index in [0.717, 1.165) is 38.3 Å². The topological polar surface area (TPSA) is 123 Å². The summed E-state index contributed by atoms with van der Waals surface area (Å²) in [5, 5.41) is 19.3. The van der Waals surface area contributed by atoms with Crippen molar-refractivity contribution in [2.45, 2.75) is 37.6 Å². The van der Waals surface area contributed by atoms with Gasteiger partial charge in [0, 0.05) is 30.6 Å². The second kappa shape index (κ2) is 8.65. The number of imidazole rings is 1. The van der Waals surface area contributed by atoms with Crippen LogP contribution in [0.1, 0.15) is 37.3 Å². The molecule has 3 aromatic rings. The molecule has 1 saturated heterocycles. The van der Waals surface area contributed by atoms with Gasteiger partial charge in [0.15, 0.2) is 28.8 Å². The number of rotatable bonds is 7. The smallest absolute Gasteiger partial charge is 0.376 e. The Kier molecular flexibility index (Phi) is 5.71. The molecule has 5 rings (SSSR count). The molecule has 2 aliphatic rings. The Hall–Kier alpha value is -2.74. The van der Waals surface area contributed by atoms with Gasteiger partial charge in [-0.05, 0) is 32.2 Å². The summed E-state index contributed by atoms with van der Waals surface area (Å²) in [6.07, 6.45) is 4.86. The van der Waals surface area contributed by atoms with Crippen molar-refractivity contribution < 1.29 is 26.8 Å². The van der Waals surface area contributed by atoms with Gasteiger partial charge in [-0.1, -0.05) is 4.33 Å². The maximum atomic E-state index is 14.7. The highest BCUT2D eigenvalue weighted by atomic mass is 32.2. The highest BCUT2D eigenvalue weighted by Crippen LogP contribution is 2.43. The number of nitrogens with zero attached hydrogens (tertiary/aromatic N) is 4. The lowest BCUT2D eigenvalue weighted by Gasteiger charge is -2.24. The number of nitrogens with one attached hydrogen (secondary N) is 2. The molecule has 0 amide bonds. The van der Waals surface area contributed by atoms with Gasteiger partial charge in [0.2, 0.25) is 0 Å². The van der Waals surface area contributed by atoms with Gasteiger partial charge in [-0.3, -0.25) is 0 Å².